The standard InChI is InChI=1S/C19H16F3NO2/c1-25-16-10-8-14(9-11-16)13-18(24)23-12-4-6-15-5-2-3-7-17(15)19(20,21)22/h2-3,5,7-11H,12-13H2,1H3,(H,23,24). The average molecular weight is 347 g/mol. The fraction of sp³-hybridized carbons (Fsp3) is 0.211. The number of methoxy groups -OCH3 is 1. The molecule has 2 rings (SSSR count). The summed E-state index contributed by atoms with van der Waals surface area (Å²) in [7, 11) is 1.55. The zero-order valence-corrected chi connectivity index (χ0v) is 13.5. The fourth-order valence-corrected chi connectivity index (χ4v) is 2.11. The molecule has 0 saturated carbocycles. The quantitative estimate of drug-likeness (QED) is 0.861. The van der Waals surface area contributed by atoms with E-state index in [2.05, 4.69) is 17.2 Å². The molecule has 0 saturated heterocycles. The predicted molar refractivity (Wildman–Crippen MR) is 88.0 cm³/mol. The Hall–Kier alpha value is -2.94. The minimum atomic E-state index is -4.46. The van der Waals surface area contributed by atoms with Gasteiger partial charge in [0.1, 0.15) is 5.75 Å². The van der Waals surface area contributed by atoms with Gasteiger partial charge in [0.05, 0.1) is 25.6 Å². The first-order valence-corrected chi connectivity index (χ1v) is 7.45. The van der Waals surface area contributed by atoms with Crippen molar-refractivity contribution in [3.8, 4) is 17.6 Å². The number of hydrogen-bond donors (Lipinski definition) is 1. The van der Waals surface area contributed by atoms with Crippen LogP contribution in [0.3, 0.4) is 0 Å². The van der Waals surface area contributed by atoms with Crippen LogP contribution in [-0.4, -0.2) is 19.6 Å². The lowest BCUT2D eigenvalue weighted by molar-refractivity contribution is -0.137. The van der Waals surface area contributed by atoms with Crippen molar-refractivity contribution >= 4 is 5.91 Å². The summed E-state index contributed by atoms with van der Waals surface area (Å²) in [4.78, 5) is 11.8. The SMILES string of the molecule is COc1ccc(CC(=O)NCC#Cc2ccccc2C(F)(F)F)cc1. The Balaban J connectivity index is 1.91. The highest BCUT2D eigenvalue weighted by Gasteiger charge is 2.32. The van der Waals surface area contributed by atoms with Crippen LogP contribution in [0.15, 0.2) is 48.5 Å². The number of rotatable bonds is 4. The molecule has 6 heteroatoms. The molecular weight excluding hydrogens is 331 g/mol. The molecule has 0 spiro atoms. The van der Waals surface area contributed by atoms with Crippen LogP contribution in [0.1, 0.15) is 16.7 Å². The van der Waals surface area contributed by atoms with Crippen LogP contribution in [0.2, 0.25) is 0 Å². The molecule has 0 aliphatic carbocycles. The van der Waals surface area contributed by atoms with E-state index in [4.69, 9.17) is 4.74 Å². The minimum absolute atomic E-state index is 0.0266. The van der Waals surface area contributed by atoms with E-state index < -0.39 is 11.7 Å². The van der Waals surface area contributed by atoms with Gasteiger partial charge in [0, 0.05) is 5.56 Å². The molecule has 3 nitrogen and oxygen atoms in total. The highest BCUT2D eigenvalue weighted by molar-refractivity contribution is 5.78. The molecule has 130 valence electrons. The van der Waals surface area contributed by atoms with Crippen molar-refractivity contribution in [1.82, 2.24) is 5.32 Å². The van der Waals surface area contributed by atoms with Crippen LogP contribution in [0.25, 0.3) is 0 Å². The number of hydrogen-bond acceptors (Lipinski definition) is 2. The highest BCUT2D eigenvalue weighted by atomic mass is 19.4. The van der Waals surface area contributed by atoms with Crippen molar-refractivity contribution in [2.45, 2.75) is 12.6 Å². The number of ether oxygens (including phenoxy) is 1. The second-order valence-corrected chi connectivity index (χ2v) is 5.15. The van der Waals surface area contributed by atoms with Crippen LogP contribution in [0.4, 0.5) is 13.2 Å². The van der Waals surface area contributed by atoms with Crippen LogP contribution < -0.4 is 10.1 Å². The maximum absolute atomic E-state index is 12.8. The summed E-state index contributed by atoms with van der Waals surface area (Å²) in [5, 5.41) is 2.56. The largest absolute Gasteiger partial charge is 0.497 e. The molecule has 25 heavy (non-hydrogen) atoms. The normalized spacial score (nSPS) is 10.6. The van der Waals surface area contributed by atoms with Crippen LogP contribution >= 0.6 is 0 Å². The lowest BCUT2D eigenvalue weighted by Gasteiger charge is -2.08. The monoisotopic (exact) mass is 347 g/mol. The van der Waals surface area contributed by atoms with Crippen molar-refractivity contribution in [1.29, 1.82) is 0 Å². The Morgan fingerprint density at radius 2 is 1.80 bits per heavy atom. The van der Waals surface area contributed by atoms with E-state index in [0.29, 0.717) is 5.75 Å². The highest BCUT2D eigenvalue weighted by Crippen LogP contribution is 2.31. The number of nitrogens with one attached hydrogen (secondary N) is 1. The van der Waals surface area contributed by atoms with E-state index in [1.165, 1.54) is 18.2 Å². The molecule has 0 atom stereocenters. The average Bonchev–Trinajstić information content (AvgIpc) is 2.59. The Kier molecular flexibility index (Phi) is 6.07. The number of carbonyl (C=O) groups excluding carboxylic acids is 1. The Labute approximate surface area is 143 Å². The van der Waals surface area contributed by atoms with E-state index in [9.17, 15) is 18.0 Å². The molecule has 2 aromatic carbocycles. The van der Waals surface area contributed by atoms with Crippen LogP contribution in [-0.2, 0) is 17.4 Å². The van der Waals surface area contributed by atoms with Gasteiger partial charge in [-0.05, 0) is 29.8 Å². The second-order valence-electron chi connectivity index (χ2n) is 5.15. The van der Waals surface area contributed by atoms with Crippen LogP contribution in [0, 0.1) is 11.8 Å². The van der Waals surface area contributed by atoms with E-state index in [-0.39, 0.29) is 24.4 Å². The second kappa shape index (κ2) is 8.25. The first-order chi connectivity index (χ1) is 11.9. The summed E-state index contributed by atoms with van der Waals surface area (Å²) in [6.07, 6.45) is -4.30. The van der Waals surface area contributed by atoms with Gasteiger partial charge < -0.3 is 10.1 Å². The van der Waals surface area contributed by atoms with Gasteiger partial charge in [-0.3, -0.25) is 4.79 Å². The number of carbonyl (C=O) groups is 1. The molecule has 0 unspecified atom stereocenters. The molecule has 2 aromatic rings. The van der Waals surface area contributed by atoms with Gasteiger partial charge in [-0.1, -0.05) is 36.1 Å². The molecule has 1 amide bonds. The first-order valence-electron chi connectivity index (χ1n) is 7.45. The van der Waals surface area contributed by atoms with Gasteiger partial charge in [0.15, 0.2) is 0 Å². The summed E-state index contributed by atoms with van der Waals surface area (Å²) in [6.45, 7) is -0.0266. The third-order valence-electron chi connectivity index (χ3n) is 3.35. The first kappa shape index (κ1) is 18.4. The molecule has 0 radical (unpaired) electrons. The molecule has 0 fully saturated rings. The van der Waals surface area contributed by atoms with E-state index >= 15 is 0 Å². The molecule has 0 bridgehead atoms. The maximum atomic E-state index is 12.8. The van der Waals surface area contributed by atoms with Gasteiger partial charge in [-0.2, -0.15) is 13.2 Å². The van der Waals surface area contributed by atoms with Crippen molar-refractivity contribution in [3.63, 3.8) is 0 Å². The van der Waals surface area contributed by atoms with E-state index in [1.807, 2.05) is 0 Å². The molecule has 0 aliphatic heterocycles. The zero-order valence-electron chi connectivity index (χ0n) is 13.5. The number of amides is 1. The summed E-state index contributed by atoms with van der Waals surface area (Å²) in [6, 6.07) is 12.1. The summed E-state index contributed by atoms with van der Waals surface area (Å²) < 4.78 is 43.5. The third kappa shape index (κ3) is 5.57. The number of alkyl halides is 3. The lowest BCUT2D eigenvalue weighted by Crippen LogP contribution is -2.25. The predicted octanol–water partition coefficient (Wildman–Crippen LogP) is 3.42. The van der Waals surface area contributed by atoms with Gasteiger partial charge in [0.2, 0.25) is 5.91 Å². The van der Waals surface area contributed by atoms with Gasteiger partial charge in [0.25, 0.3) is 0 Å². The number of benzene rings is 2. The Bertz CT molecular complexity index is 787. The van der Waals surface area contributed by atoms with E-state index in [0.717, 1.165) is 11.6 Å². The summed E-state index contributed by atoms with van der Waals surface area (Å²) in [5.41, 5.74) is -0.0971. The van der Waals surface area contributed by atoms with Gasteiger partial charge >= 0.3 is 6.18 Å². The zero-order chi connectivity index (χ0) is 18.3. The van der Waals surface area contributed by atoms with Crippen molar-refractivity contribution in [2.75, 3.05) is 13.7 Å². The smallest absolute Gasteiger partial charge is 0.417 e. The Morgan fingerprint density at radius 1 is 1.12 bits per heavy atom. The molecule has 1 N–H and O–H groups in total. The van der Waals surface area contributed by atoms with Gasteiger partial charge in [-0.25, -0.2) is 0 Å². The molecular formula is C19H16F3NO2. The van der Waals surface area contributed by atoms with Gasteiger partial charge in [-0.15, -0.1) is 0 Å². The number of halogens is 3. The maximum Gasteiger partial charge on any atom is 0.417 e. The molecule has 0 heterocycles. The summed E-state index contributed by atoms with van der Waals surface area (Å²) in [5.74, 6) is 5.43. The summed E-state index contributed by atoms with van der Waals surface area (Å²) >= 11 is 0. The lowest BCUT2D eigenvalue weighted by atomic mass is 10.1. The third-order valence-corrected chi connectivity index (χ3v) is 3.35. The van der Waals surface area contributed by atoms with Crippen LogP contribution in [0.5, 0.6) is 5.75 Å². The fourth-order valence-electron chi connectivity index (χ4n) is 2.11. The molecule has 0 aliphatic rings. The van der Waals surface area contributed by atoms with E-state index in [1.54, 1.807) is 31.4 Å². The minimum Gasteiger partial charge on any atom is -0.497 e. The van der Waals surface area contributed by atoms with Crippen molar-refractivity contribution in [2.24, 2.45) is 0 Å². The molecule has 0 aromatic heterocycles. The van der Waals surface area contributed by atoms with Crippen molar-refractivity contribution in [3.05, 3.63) is 65.2 Å². The Morgan fingerprint density at radius 3 is 2.44 bits per heavy atom. The van der Waals surface area contributed by atoms with Crippen molar-refractivity contribution < 1.29 is 22.7 Å². The topological polar surface area (TPSA) is 38.3 Å².